The van der Waals surface area contributed by atoms with Crippen LogP contribution in [-0.4, -0.2) is 34.7 Å². The number of rotatable bonds is 4. The van der Waals surface area contributed by atoms with E-state index in [-0.39, 0.29) is 6.54 Å². The predicted molar refractivity (Wildman–Crippen MR) is 54.2 cm³/mol. The second kappa shape index (κ2) is 4.59. The second-order valence-corrected chi connectivity index (χ2v) is 2.99. The normalized spacial score (nSPS) is 9.80. The first-order chi connectivity index (χ1) is 7.04. The van der Waals surface area contributed by atoms with Gasteiger partial charge in [0.2, 0.25) is 0 Å². The molecule has 15 heavy (non-hydrogen) atoms. The van der Waals surface area contributed by atoms with Crippen LogP contribution in [0.15, 0.2) is 0 Å². The molecule has 0 fully saturated rings. The average molecular weight is 211 g/mol. The molecule has 1 rings (SSSR count). The maximum Gasteiger partial charge on any atom is 0.322 e. The predicted octanol–water partition coefficient (Wildman–Crippen LogP) is 0.599. The Bertz CT molecular complexity index is 379. The molecule has 1 aromatic heterocycles. The number of methoxy groups -OCH3 is 1. The highest BCUT2D eigenvalue weighted by atomic mass is 16.5. The van der Waals surface area contributed by atoms with E-state index in [0.29, 0.717) is 23.1 Å². The van der Waals surface area contributed by atoms with Crippen molar-refractivity contribution in [2.24, 2.45) is 0 Å². The number of carbonyl (C=O) groups is 1. The largest absolute Gasteiger partial charge is 0.491 e. The van der Waals surface area contributed by atoms with E-state index in [9.17, 15) is 4.79 Å². The van der Waals surface area contributed by atoms with Crippen molar-refractivity contribution in [3.8, 4) is 5.75 Å². The zero-order valence-corrected chi connectivity index (χ0v) is 8.87. The third kappa shape index (κ3) is 2.80. The van der Waals surface area contributed by atoms with Crippen molar-refractivity contribution >= 4 is 11.8 Å². The van der Waals surface area contributed by atoms with Gasteiger partial charge in [-0.2, -0.15) is 0 Å². The molecule has 0 amide bonds. The summed E-state index contributed by atoms with van der Waals surface area (Å²) in [5.74, 6) is 0.499. The van der Waals surface area contributed by atoms with Crippen LogP contribution in [0.2, 0.25) is 0 Å². The Labute approximate surface area is 87.3 Å². The van der Waals surface area contributed by atoms with Gasteiger partial charge >= 0.3 is 5.97 Å². The van der Waals surface area contributed by atoms with Gasteiger partial charge in [-0.1, -0.05) is 0 Å². The minimum absolute atomic E-state index is 0.202. The van der Waals surface area contributed by atoms with Crippen molar-refractivity contribution in [1.82, 2.24) is 9.97 Å². The fourth-order valence-corrected chi connectivity index (χ4v) is 1.23. The summed E-state index contributed by atoms with van der Waals surface area (Å²) >= 11 is 0. The number of nitrogens with one attached hydrogen (secondary N) is 1. The molecule has 6 nitrogen and oxygen atoms in total. The minimum Gasteiger partial charge on any atom is -0.491 e. The molecule has 0 aliphatic heterocycles. The number of hydrogen-bond acceptors (Lipinski definition) is 5. The first-order valence-corrected chi connectivity index (χ1v) is 4.39. The van der Waals surface area contributed by atoms with Gasteiger partial charge in [0.05, 0.1) is 12.8 Å². The van der Waals surface area contributed by atoms with Gasteiger partial charge in [0.25, 0.3) is 0 Å². The first-order valence-electron chi connectivity index (χ1n) is 4.39. The number of ether oxygens (including phenoxy) is 1. The quantitative estimate of drug-likeness (QED) is 0.758. The van der Waals surface area contributed by atoms with Crippen molar-refractivity contribution in [2.75, 3.05) is 19.0 Å². The monoisotopic (exact) mass is 211 g/mol. The summed E-state index contributed by atoms with van der Waals surface area (Å²) < 4.78 is 5.08. The summed E-state index contributed by atoms with van der Waals surface area (Å²) in [6, 6.07) is 0. The van der Waals surface area contributed by atoms with Crippen LogP contribution in [0.3, 0.4) is 0 Å². The molecule has 82 valence electrons. The third-order valence-corrected chi connectivity index (χ3v) is 1.76. The van der Waals surface area contributed by atoms with E-state index >= 15 is 0 Å². The molecule has 1 aromatic rings. The molecule has 1 heterocycles. The summed E-state index contributed by atoms with van der Waals surface area (Å²) in [5, 5.41) is 11.2. The van der Waals surface area contributed by atoms with Gasteiger partial charge in [-0.3, -0.25) is 4.79 Å². The van der Waals surface area contributed by atoms with Crippen LogP contribution in [0.5, 0.6) is 5.75 Å². The van der Waals surface area contributed by atoms with Crippen LogP contribution in [0.4, 0.5) is 5.82 Å². The van der Waals surface area contributed by atoms with Gasteiger partial charge < -0.3 is 15.2 Å². The maximum absolute atomic E-state index is 10.4. The topological polar surface area (TPSA) is 84.3 Å². The second-order valence-electron chi connectivity index (χ2n) is 2.99. The lowest BCUT2D eigenvalue weighted by molar-refractivity contribution is -0.134. The van der Waals surface area contributed by atoms with E-state index < -0.39 is 5.97 Å². The molecule has 0 saturated heterocycles. The fraction of sp³-hybridized carbons (Fsp3) is 0.444. The molecule has 0 bridgehead atoms. The van der Waals surface area contributed by atoms with Gasteiger partial charge in [0.1, 0.15) is 12.4 Å². The molecular weight excluding hydrogens is 198 g/mol. The zero-order valence-electron chi connectivity index (χ0n) is 8.87. The van der Waals surface area contributed by atoms with Crippen molar-refractivity contribution in [1.29, 1.82) is 0 Å². The standard InChI is InChI=1S/C9H13N3O3/c1-5-8(15-3)9(10-4-7(13)14)12-6(2)11-5/h4H2,1-3H3,(H,13,14)(H,10,11,12). The molecule has 0 saturated carbocycles. The van der Waals surface area contributed by atoms with Gasteiger partial charge in [-0.15, -0.1) is 0 Å². The van der Waals surface area contributed by atoms with Gasteiger partial charge in [-0.05, 0) is 13.8 Å². The molecule has 0 radical (unpaired) electrons. The molecule has 0 atom stereocenters. The van der Waals surface area contributed by atoms with Gasteiger partial charge in [0, 0.05) is 0 Å². The van der Waals surface area contributed by atoms with Gasteiger partial charge in [0.15, 0.2) is 11.6 Å². The van der Waals surface area contributed by atoms with Crippen molar-refractivity contribution in [3.63, 3.8) is 0 Å². The minimum atomic E-state index is -0.953. The SMILES string of the molecule is COc1c(C)nc(C)nc1NCC(=O)O. The van der Waals surface area contributed by atoms with E-state index in [1.54, 1.807) is 13.8 Å². The number of aliphatic carboxylic acids is 1. The van der Waals surface area contributed by atoms with Crippen molar-refractivity contribution in [2.45, 2.75) is 13.8 Å². The number of carboxylic acid groups (broad SMARTS) is 1. The smallest absolute Gasteiger partial charge is 0.322 e. The van der Waals surface area contributed by atoms with Crippen LogP contribution in [0, 0.1) is 13.8 Å². The maximum atomic E-state index is 10.4. The highest BCUT2D eigenvalue weighted by molar-refractivity contribution is 5.73. The Hall–Kier alpha value is -1.85. The number of anilines is 1. The van der Waals surface area contributed by atoms with Crippen molar-refractivity contribution < 1.29 is 14.6 Å². The number of nitrogens with zero attached hydrogens (tertiary/aromatic N) is 2. The van der Waals surface area contributed by atoms with Crippen LogP contribution in [0.25, 0.3) is 0 Å². The molecule has 0 spiro atoms. The lowest BCUT2D eigenvalue weighted by Crippen LogP contribution is -2.15. The lowest BCUT2D eigenvalue weighted by atomic mass is 10.3. The molecule has 2 N–H and O–H groups in total. The number of aromatic nitrogens is 2. The zero-order chi connectivity index (χ0) is 11.4. The number of hydrogen-bond donors (Lipinski definition) is 2. The molecular formula is C9H13N3O3. The summed E-state index contributed by atoms with van der Waals surface area (Å²) in [4.78, 5) is 18.6. The Morgan fingerprint density at radius 3 is 2.67 bits per heavy atom. The molecule has 0 aromatic carbocycles. The van der Waals surface area contributed by atoms with E-state index in [1.165, 1.54) is 7.11 Å². The van der Waals surface area contributed by atoms with Crippen molar-refractivity contribution in [3.05, 3.63) is 11.5 Å². The van der Waals surface area contributed by atoms with E-state index in [2.05, 4.69) is 15.3 Å². The summed E-state index contributed by atoms with van der Waals surface area (Å²) in [5.41, 5.74) is 0.679. The average Bonchev–Trinajstić information content (AvgIpc) is 2.13. The van der Waals surface area contributed by atoms with E-state index in [0.717, 1.165) is 0 Å². The molecule has 0 unspecified atom stereocenters. The van der Waals surface area contributed by atoms with Gasteiger partial charge in [-0.25, -0.2) is 9.97 Å². The molecule has 0 aliphatic rings. The van der Waals surface area contributed by atoms with E-state index in [4.69, 9.17) is 9.84 Å². The Balaban J connectivity index is 2.98. The highest BCUT2D eigenvalue weighted by Crippen LogP contribution is 2.24. The lowest BCUT2D eigenvalue weighted by Gasteiger charge is -2.11. The summed E-state index contributed by atoms with van der Waals surface area (Å²) in [7, 11) is 1.49. The fourth-order valence-electron chi connectivity index (χ4n) is 1.23. The molecule has 0 aliphatic carbocycles. The summed E-state index contributed by atoms with van der Waals surface area (Å²) in [6.07, 6.45) is 0. The van der Waals surface area contributed by atoms with Crippen LogP contribution < -0.4 is 10.1 Å². The van der Waals surface area contributed by atoms with Crippen LogP contribution in [0.1, 0.15) is 11.5 Å². The Morgan fingerprint density at radius 2 is 2.13 bits per heavy atom. The third-order valence-electron chi connectivity index (χ3n) is 1.76. The number of carboxylic acids is 1. The Kier molecular flexibility index (Phi) is 3.43. The van der Waals surface area contributed by atoms with Crippen LogP contribution >= 0.6 is 0 Å². The summed E-state index contributed by atoms with van der Waals surface area (Å²) in [6.45, 7) is 3.31. The Morgan fingerprint density at radius 1 is 1.47 bits per heavy atom. The van der Waals surface area contributed by atoms with E-state index in [1.807, 2.05) is 0 Å². The number of aryl methyl sites for hydroxylation is 2. The van der Waals surface area contributed by atoms with Crippen LogP contribution in [-0.2, 0) is 4.79 Å². The first kappa shape index (κ1) is 11.2. The molecule has 6 heteroatoms. The highest BCUT2D eigenvalue weighted by Gasteiger charge is 2.10.